The maximum Gasteiger partial charge on any atom is 0.226 e. The molecule has 0 aliphatic carbocycles. The van der Waals surface area contributed by atoms with Crippen LogP contribution in [-0.2, 0) is 4.79 Å². The van der Waals surface area contributed by atoms with E-state index in [0.29, 0.717) is 18.1 Å². The van der Waals surface area contributed by atoms with Gasteiger partial charge in [-0.15, -0.1) is 0 Å². The van der Waals surface area contributed by atoms with Gasteiger partial charge in [-0.1, -0.05) is 30.3 Å². The highest BCUT2D eigenvalue weighted by Crippen LogP contribution is 2.38. The molecule has 3 rings (SSSR count). The number of nitrogens with two attached hydrogens (primary N) is 2. The lowest BCUT2D eigenvalue weighted by molar-refractivity contribution is -0.116. The molecule has 0 fully saturated rings. The zero-order chi connectivity index (χ0) is 13.4. The molecule has 96 valence electrons. The summed E-state index contributed by atoms with van der Waals surface area (Å²) >= 11 is 0. The Hall–Kier alpha value is -2.63. The van der Waals surface area contributed by atoms with Crippen molar-refractivity contribution in [2.45, 2.75) is 12.3 Å². The zero-order valence-corrected chi connectivity index (χ0v) is 10.1. The van der Waals surface area contributed by atoms with Crippen LogP contribution in [0.2, 0.25) is 0 Å². The second-order valence-electron chi connectivity index (χ2n) is 4.44. The van der Waals surface area contributed by atoms with Crippen LogP contribution in [-0.4, -0.2) is 15.9 Å². The van der Waals surface area contributed by atoms with Gasteiger partial charge in [0.2, 0.25) is 11.9 Å². The van der Waals surface area contributed by atoms with Crippen molar-refractivity contribution in [3.05, 3.63) is 41.5 Å². The van der Waals surface area contributed by atoms with Crippen LogP contribution < -0.4 is 16.8 Å². The summed E-state index contributed by atoms with van der Waals surface area (Å²) < 4.78 is 0. The lowest BCUT2D eigenvalue weighted by Gasteiger charge is -2.26. The Balaban J connectivity index is 2.17. The highest BCUT2D eigenvalue weighted by atomic mass is 16.1. The number of hydrogen-bond donors (Lipinski definition) is 3. The fourth-order valence-corrected chi connectivity index (χ4v) is 2.38. The molecule has 1 atom stereocenters. The van der Waals surface area contributed by atoms with Crippen molar-refractivity contribution in [2.75, 3.05) is 16.8 Å². The van der Waals surface area contributed by atoms with Crippen LogP contribution in [0.1, 0.15) is 23.5 Å². The topological polar surface area (TPSA) is 107 Å². The summed E-state index contributed by atoms with van der Waals surface area (Å²) in [5.74, 6) is 0.557. The largest absolute Gasteiger partial charge is 0.383 e. The average Bonchev–Trinajstić information content (AvgIpc) is 2.38. The monoisotopic (exact) mass is 255 g/mol. The number of nitrogens with one attached hydrogen (secondary N) is 1. The summed E-state index contributed by atoms with van der Waals surface area (Å²) in [6, 6.07) is 9.70. The molecule has 5 N–H and O–H groups in total. The van der Waals surface area contributed by atoms with E-state index in [0.717, 1.165) is 11.1 Å². The van der Waals surface area contributed by atoms with Crippen LogP contribution >= 0.6 is 0 Å². The Morgan fingerprint density at radius 2 is 1.89 bits per heavy atom. The van der Waals surface area contributed by atoms with Crippen molar-refractivity contribution in [3.8, 4) is 0 Å². The van der Waals surface area contributed by atoms with Crippen LogP contribution in [0.25, 0.3) is 0 Å². The number of aromatic nitrogens is 2. The number of hydrogen-bond acceptors (Lipinski definition) is 5. The summed E-state index contributed by atoms with van der Waals surface area (Å²) in [5.41, 5.74) is 13.2. The van der Waals surface area contributed by atoms with Crippen molar-refractivity contribution in [1.29, 1.82) is 0 Å². The second-order valence-corrected chi connectivity index (χ2v) is 4.44. The molecular weight excluding hydrogens is 242 g/mol. The molecule has 1 aliphatic heterocycles. The van der Waals surface area contributed by atoms with Gasteiger partial charge >= 0.3 is 0 Å². The smallest absolute Gasteiger partial charge is 0.226 e. The van der Waals surface area contributed by atoms with Crippen LogP contribution in [0, 0.1) is 0 Å². The van der Waals surface area contributed by atoms with Gasteiger partial charge in [0.25, 0.3) is 0 Å². The van der Waals surface area contributed by atoms with E-state index < -0.39 is 0 Å². The average molecular weight is 255 g/mol. The first-order valence-corrected chi connectivity index (χ1v) is 5.93. The van der Waals surface area contributed by atoms with Gasteiger partial charge in [0.15, 0.2) is 0 Å². The SMILES string of the molecule is Nc1nc(N)c2c(n1)NC(=O)CC2c1ccccc1. The number of amides is 1. The molecule has 1 aliphatic rings. The van der Waals surface area contributed by atoms with E-state index in [1.807, 2.05) is 30.3 Å². The van der Waals surface area contributed by atoms with Gasteiger partial charge in [-0.2, -0.15) is 9.97 Å². The quantitative estimate of drug-likeness (QED) is 0.707. The van der Waals surface area contributed by atoms with Gasteiger partial charge in [-0.05, 0) is 5.56 Å². The number of carbonyl (C=O) groups excluding carboxylic acids is 1. The van der Waals surface area contributed by atoms with Gasteiger partial charge in [0.1, 0.15) is 11.6 Å². The number of rotatable bonds is 1. The Labute approximate surface area is 109 Å². The minimum atomic E-state index is -0.134. The first-order valence-electron chi connectivity index (χ1n) is 5.93. The summed E-state index contributed by atoms with van der Waals surface area (Å²) in [6.45, 7) is 0. The molecule has 19 heavy (non-hydrogen) atoms. The van der Waals surface area contributed by atoms with E-state index in [1.54, 1.807) is 0 Å². The lowest BCUT2D eigenvalue weighted by atomic mass is 9.86. The molecule has 1 aromatic heterocycles. The van der Waals surface area contributed by atoms with E-state index in [9.17, 15) is 4.79 Å². The molecule has 6 nitrogen and oxygen atoms in total. The normalized spacial score (nSPS) is 17.7. The zero-order valence-electron chi connectivity index (χ0n) is 10.1. The number of anilines is 3. The Kier molecular flexibility index (Phi) is 2.56. The van der Waals surface area contributed by atoms with Gasteiger partial charge < -0.3 is 16.8 Å². The van der Waals surface area contributed by atoms with Gasteiger partial charge in [-0.3, -0.25) is 4.79 Å². The van der Waals surface area contributed by atoms with E-state index in [2.05, 4.69) is 15.3 Å². The second kappa shape index (κ2) is 4.24. The molecule has 1 amide bonds. The highest BCUT2D eigenvalue weighted by molar-refractivity contribution is 5.95. The molecule has 0 bridgehead atoms. The summed E-state index contributed by atoms with van der Waals surface area (Å²) in [5, 5.41) is 2.69. The molecule has 1 unspecified atom stereocenters. The fourth-order valence-electron chi connectivity index (χ4n) is 2.38. The summed E-state index contributed by atoms with van der Waals surface area (Å²) in [7, 11) is 0. The molecular formula is C13H13N5O. The molecule has 0 saturated carbocycles. The Morgan fingerprint density at radius 1 is 1.16 bits per heavy atom. The highest BCUT2D eigenvalue weighted by Gasteiger charge is 2.30. The van der Waals surface area contributed by atoms with Crippen LogP contribution in [0.4, 0.5) is 17.6 Å². The third-order valence-corrected chi connectivity index (χ3v) is 3.19. The minimum Gasteiger partial charge on any atom is -0.383 e. The number of fused-ring (bicyclic) bond motifs is 1. The van der Waals surface area contributed by atoms with Crippen LogP contribution in [0.5, 0.6) is 0 Å². The van der Waals surface area contributed by atoms with E-state index in [-0.39, 0.29) is 17.8 Å². The predicted molar refractivity (Wildman–Crippen MR) is 72.4 cm³/mol. The first kappa shape index (κ1) is 11.5. The molecule has 6 heteroatoms. The molecule has 2 aromatic rings. The lowest BCUT2D eigenvalue weighted by Crippen LogP contribution is -2.26. The summed E-state index contributed by atoms with van der Waals surface area (Å²) in [4.78, 5) is 19.8. The Morgan fingerprint density at radius 3 is 2.63 bits per heavy atom. The number of nitrogens with zero attached hydrogens (tertiary/aromatic N) is 2. The number of nitrogen functional groups attached to an aromatic ring is 2. The van der Waals surface area contributed by atoms with E-state index >= 15 is 0 Å². The minimum absolute atomic E-state index is 0.0604. The molecule has 0 spiro atoms. The van der Waals surface area contributed by atoms with Crippen molar-refractivity contribution < 1.29 is 4.79 Å². The van der Waals surface area contributed by atoms with Crippen molar-refractivity contribution in [3.63, 3.8) is 0 Å². The third kappa shape index (κ3) is 1.97. The van der Waals surface area contributed by atoms with Gasteiger partial charge in [0.05, 0.1) is 0 Å². The van der Waals surface area contributed by atoms with Crippen LogP contribution in [0.15, 0.2) is 30.3 Å². The molecule has 0 radical (unpaired) electrons. The third-order valence-electron chi connectivity index (χ3n) is 3.19. The van der Waals surface area contributed by atoms with Crippen LogP contribution in [0.3, 0.4) is 0 Å². The van der Waals surface area contributed by atoms with Crippen molar-refractivity contribution in [1.82, 2.24) is 9.97 Å². The molecule has 0 saturated heterocycles. The fraction of sp³-hybridized carbons (Fsp3) is 0.154. The van der Waals surface area contributed by atoms with Crippen molar-refractivity contribution >= 4 is 23.5 Å². The number of carbonyl (C=O) groups is 1. The molecule has 2 heterocycles. The first-order chi connectivity index (χ1) is 9.15. The van der Waals surface area contributed by atoms with Gasteiger partial charge in [-0.25, -0.2) is 0 Å². The summed E-state index contributed by atoms with van der Waals surface area (Å²) in [6.07, 6.45) is 0.328. The van der Waals surface area contributed by atoms with E-state index in [4.69, 9.17) is 11.5 Å². The Bertz CT molecular complexity index is 641. The maximum absolute atomic E-state index is 11.8. The predicted octanol–water partition coefficient (Wildman–Crippen LogP) is 1.12. The standard InChI is InChI=1S/C13H13N5O/c14-11-10-8(7-4-2-1-3-5-7)6-9(19)16-12(10)18-13(15)17-11/h1-5,8H,6H2,(H5,14,15,16,17,18,19). The number of benzene rings is 1. The maximum atomic E-state index is 11.8. The van der Waals surface area contributed by atoms with E-state index in [1.165, 1.54) is 0 Å². The van der Waals surface area contributed by atoms with Crippen molar-refractivity contribution in [2.24, 2.45) is 0 Å². The van der Waals surface area contributed by atoms with Gasteiger partial charge in [0, 0.05) is 17.9 Å². The molecule has 1 aromatic carbocycles.